The van der Waals surface area contributed by atoms with E-state index >= 15 is 0 Å². The molecule has 1 unspecified atom stereocenters. The van der Waals surface area contributed by atoms with Crippen molar-refractivity contribution in [2.45, 2.75) is 0 Å². The number of carbonyl (C=O) groups is 2. The maximum atomic E-state index is 11.5. The average molecular weight is 262 g/mol. The Hall–Kier alpha value is -2.90. The second kappa shape index (κ2) is 5.17. The van der Waals surface area contributed by atoms with Gasteiger partial charge < -0.3 is 10.2 Å². The number of nitrogens with zero attached hydrogens (tertiary/aromatic N) is 2. The van der Waals surface area contributed by atoms with Crippen molar-refractivity contribution in [2.24, 2.45) is 16.1 Å². The molecular formula is C11H10N4O4. The highest BCUT2D eigenvalue weighted by Crippen LogP contribution is 2.20. The third kappa shape index (κ3) is 2.86. The van der Waals surface area contributed by atoms with Crippen molar-refractivity contribution in [2.75, 3.05) is 0 Å². The number of hydrazone groups is 2. The molecule has 0 bridgehead atoms. The minimum Gasteiger partial charge on any atom is -0.508 e. The summed E-state index contributed by atoms with van der Waals surface area (Å²) in [6, 6.07) is 3.92. The van der Waals surface area contributed by atoms with Gasteiger partial charge >= 0.3 is 0 Å². The lowest BCUT2D eigenvalue weighted by Gasteiger charge is -2.02. The van der Waals surface area contributed by atoms with Crippen LogP contribution >= 0.6 is 0 Å². The van der Waals surface area contributed by atoms with Gasteiger partial charge in [-0.25, -0.2) is 10.9 Å². The molecule has 8 heteroatoms. The molecule has 0 spiro atoms. The molecule has 0 saturated heterocycles. The molecule has 1 aliphatic heterocycles. The Kier molecular flexibility index (Phi) is 3.42. The molecular weight excluding hydrogens is 252 g/mol. The first kappa shape index (κ1) is 12.6. The van der Waals surface area contributed by atoms with Crippen molar-refractivity contribution in [1.29, 1.82) is 0 Å². The summed E-state index contributed by atoms with van der Waals surface area (Å²) in [5, 5.41) is 25.6. The molecule has 2 amide bonds. The molecule has 1 atom stereocenters. The minimum absolute atomic E-state index is 0.0856. The maximum Gasteiger partial charge on any atom is 0.258 e. The Labute approximate surface area is 107 Å². The normalized spacial score (nSPS) is 17.7. The van der Waals surface area contributed by atoms with E-state index < -0.39 is 17.7 Å². The van der Waals surface area contributed by atoms with Crippen LogP contribution in [0.25, 0.3) is 0 Å². The molecule has 1 heterocycles. The molecule has 0 aromatic heterocycles. The third-order valence-electron chi connectivity index (χ3n) is 2.36. The number of carbonyl (C=O) groups excluding carboxylic acids is 2. The van der Waals surface area contributed by atoms with Gasteiger partial charge in [0, 0.05) is 17.8 Å². The van der Waals surface area contributed by atoms with Crippen LogP contribution in [-0.4, -0.2) is 34.5 Å². The number of hydrogen-bond acceptors (Lipinski definition) is 6. The van der Waals surface area contributed by atoms with Crippen LogP contribution in [0.5, 0.6) is 11.5 Å². The summed E-state index contributed by atoms with van der Waals surface area (Å²) in [7, 11) is 0. The molecule has 8 nitrogen and oxygen atoms in total. The van der Waals surface area contributed by atoms with Crippen LogP contribution in [0.4, 0.5) is 0 Å². The number of hydrogen-bond donors (Lipinski definition) is 4. The lowest BCUT2D eigenvalue weighted by Crippen LogP contribution is -2.34. The van der Waals surface area contributed by atoms with Crippen LogP contribution in [0, 0.1) is 5.92 Å². The summed E-state index contributed by atoms with van der Waals surface area (Å²) >= 11 is 0. The van der Waals surface area contributed by atoms with Gasteiger partial charge in [-0.05, 0) is 12.1 Å². The van der Waals surface area contributed by atoms with Crippen LogP contribution in [-0.2, 0) is 9.59 Å². The number of phenolic OH excluding ortho intramolecular Hbond substituents is 2. The van der Waals surface area contributed by atoms with Gasteiger partial charge in [-0.2, -0.15) is 10.2 Å². The van der Waals surface area contributed by atoms with Gasteiger partial charge in [0.15, 0.2) is 5.92 Å². The average Bonchev–Trinajstić information content (AvgIpc) is 2.78. The molecule has 0 fully saturated rings. The summed E-state index contributed by atoms with van der Waals surface area (Å²) in [6.45, 7) is 0. The maximum absolute atomic E-state index is 11.5. The SMILES string of the molecule is O=C1NN=CC1C(=O)N/N=C/c1ccc(O)cc1O. The first-order valence-electron chi connectivity index (χ1n) is 5.26. The van der Waals surface area contributed by atoms with Crippen molar-refractivity contribution in [3.05, 3.63) is 23.8 Å². The van der Waals surface area contributed by atoms with Gasteiger partial charge in [0.05, 0.1) is 6.21 Å². The van der Waals surface area contributed by atoms with Gasteiger partial charge in [0.1, 0.15) is 11.5 Å². The molecule has 4 N–H and O–H groups in total. The monoisotopic (exact) mass is 262 g/mol. The number of nitrogens with one attached hydrogen (secondary N) is 2. The molecule has 0 saturated carbocycles. The zero-order valence-electron chi connectivity index (χ0n) is 9.57. The highest BCUT2D eigenvalue weighted by atomic mass is 16.3. The fourth-order valence-electron chi connectivity index (χ4n) is 1.38. The summed E-state index contributed by atoms with van der Waals surface area (Å²) in [4.78, 5) is 22.6. The van der Waals surface area contributed by atoms with E-state index in [0.717, 1.165) is 6.07 Å². The second-order valence-corrected chi connectivity index (χ2v) is 3.71. The molecule has 0 aliphatic carbocycles. The van der Waals surface area contributed by atoms with Crippen molar-refractivity contribution in [3.63, 3.8) is 0 Å². The molecule has 2 rings (SSSR count). The molecule has 1 aromatic rings. The standard InChI is InChI=1S/C11H10N4O4/c16-7-2-1-6(9(17)3-7)4-12-14-10(18)8-5-13-15-11(8)19/h1-5,8,16-17H,(H,14,18)(H,15,19)/b12-4+. The van der Waals surface area contributed by atoms with E-state index in [2.05, 4.69) is 21.1 Å². The number of rotatable bonds is 3. The molecule has 1 aliphatic rings. The lowest BCUT2D eigenvalue weighted by atomic mass is 10.1. The van der Waals surface area contributed by atoms with Crippen molar-refractivity contribution in [1.82, 2.24) is 10.9 Å². The van der Waals surface area contributed by atoms with E-state index in [0.29, 0.717) is 5.56 Å². The van der Waals surface area contributed by atoms with E-state index in [-0.39, 0.29) is 11.5 Å². The quantitative estimate of drug-likeness (QED) is 0.326. The van der Waals surface area contributed by atoms with E-state index in [1.54, 1.807) is 0 Å². The number of benzene rings is 1. The summed E-state index contributed by atoms with van der Waals surface area (Å²) in [6.07, 6.45) is 2.36. The number of amides is 2. The van der Waals surface area contributed by atoms with Crippen molar-refractivity contribution >= 4 is 24.2 Å². The Balaban J connectivity index is 1.98. The number of phenols is 2. The summed E-state index contributed by atoms with van der Waals surface area (Å²) < 4.78 is 0. The Morgan fingerprint density at radius 3 is 2.89 bits per heavy atom. The summed E-state index contributed by atoms with van der Waals surface area (Å²) in [5.74, 6) is -2.44. The van der Waals surface area contributed by atoms with E-state index in [1.165, 1.54) is 24.6 Å². The van der Waals surface area contributed by atoms with Crippen LogP contribution in [0.15, 0.2) is 28.4 Å². The molecule has 19 heavy (non-hydrogen) atoms. The lowest BCUT2D eigenvalue weighted by molar-refractivity contribution is -0.131. The highest BCUT2D eigenvalue weighted by molar-refractivity contribution is 6.15. The first-order valence-corrected chi connectivity index (χ1v) is 5.26. The second-order valence-electron chi connectivity index (χ2n) is 3.71. The van der Waals surface area contributed by atoms with Gasteiger partial charge in [-0.15, -0.1) is 0 Å². The van der Waals surface area contributed by atoms with E-state index in [1.807, 2.05) is 0 Å². The van der Waals surface area contributed by atoms with Gasteiger partial charge in [-0.1, -0.05) is 0 Å². The van der Waals surface area contributed by atoms with Gasteiger partial charge in [0.2, 0.25) is 0 Å². The predicted molar refractivity (Wildman–Crippen MR) is 65.6 cm³/mol. The van der Waals surface area contributed by atoms with Crippen LogP contribution in [0.2, 0.25) is 0 Å². The largest absolute Gasteiger partial charge is 0.508 e. The fraction of sp³-hybridized carbons (Fsp3) is 0.0909. The number of aromatic hydroxyl groups is 2. The smallest absolute Gasteiger partial charge is 0.258 e. The van der Waals surface area contributed by atoms with Crippen LogP contribution in [0.1, 0.15) is 5.56 Å². The third-order valence-corrected chi connectivity index (χ3v) is 2.36. The predicted octanol–water partition coefficient (Wildman–Crippen LogP) is -0.720. The van der Waals surface area contributed by atoms with E-state index in [9.17, 15) is 14.7 Å². The topological polar surface area (TPSA) is 123 Å². The Morgan fingerprint density at radius 1 is 1.47 bits per heavy atom. The van der Waals surface area contributed by atoms with Crippen molar-refractivity contribution < 1.29 is 19.8 Å². The van der Waals surface area contributed by atoms with Crippen molar-refractivity contribution in [3.8, 4) is 11.5 Å². The summed E-state index contributed by atoms with van der Waals surface area (Å²) in [5.41, 5.74) is 4.58. The Morgan fingerprint density at radius 2 is 2.26 bits per heavy atom. The van der Waals surface area contributed by atoms with Crippen LogP contribution in [0.3, 0.4) is 0 Å². The molecule has 98 valence electrons. The highest BCUT2D eigenvalue weighted by Gasteiger charge is 2.28. The van der Waals surface area contributed by atoms with Crippen LogP contribution < -0.4 is 10.9 Å². The molecule has 1 aromatic carbocycles. The zero-order chi connectivity index (χ0) is 13.8. The molecule has 0 radical (unpaired) electrons. The van der Waals surface area contributed by atoms with E-state index in [4.69, 9.17) is 5.11 Å². The zero-order valence-corrected chi connectivity index (χ0v) is 9.57. The first-order chi connectivity index (χ1) is 9.08. The Bertz CT molecular complexity index is 582. The minimum atomic E-state index is -1.01. The van der Waals surface area contributed by atoms with Gasteiger partial charge in [-0.3, -0.25) is 9.59 Å². The van der Waals surface area contributed by atoms with Gasteiger partial charge in [0.25, 0.3) is 11.8 Å². The fourth-order valence-corrected chi connectivity index (χ4v) is 1.38.